The van der Waals surface area contributed by atoms with Crippen LogP contribution >= 0.6 is 0 Å². The minimum Gasteiger partial charge on any atom is -0.350 e. The molecule has 1 unspecified atom stereocenters. The highest BCUT2D eigenvalue weighted by Crippen LogP contribution is 2.22. The van der Waals surface area contributed by atoms with Crippen LogP contribution in [0.3, 0.4) is 0 Å². The van der Waals surface area contributed by atoms with E-state index >= 15 is 0 Å². The van der Waals surface area contributed by atoms with Gasteiger partial charge in [0.25, 0.3) is 5.91 Å². The average molecular weight is 298 g/mol. The van der Waals surface area contributed by atoms with E-state index in [-0.39, 0.29) is 17.8 Å². The predicted octanol–water partition coefficient (Wildman–Crippen LogP) is 2.75. The van der Waals surface area contributed by atoms with Crippen molar-refractivity contribution in [2.24, 2.45) is 0 Å². The number of carbonyl (C=O) groups excluding carboxylic acids is 1. The van der Waals surface area contributed by atoms with Gasteiger partial charge in [-0.2, -0.15) is 0 Å². The lowest BCUT2D eigenvalue weighted by atomic mass is 9.94. The molecule has 114 valence electrons. The first-order chi connectivity index (χ1) is 10.6. The second-order valence-corrected chi connectivity index (χ2v) is 5.62. The van der Waals surface area contributed by atoms with Crippen LogP contribution in [0.2, 0.25) is 0 Å². The van der Waals surface area contributed by atoms with Gasteiger partial charge in [0.2, 0.25) is 0 Å². The molecular formula is C18H19FN2O. The lowest BCUT2D eigenvalue weighted by Gasteiger charge is -2.27. The largest absolute Gasteiger partial charge is 0.350 e. The minimum atomic E-state index is -0.322. The van der Waals surface area contributed by atoms with Crippen molar-refractivity contribution in [2.45, 2.75) is 19.4 Å². The molecule has 0 spiro atoms. The van der Waals surface area contributed by atoms with E-state index in [2.05, 4.69) is 22.8 Å². The van der Waals surface area contributed by atoms with Crippen LogP contribution in [0.4, 0.5) is 4.39 Å². The highest BCUT2D eigenvalue weighted by molar-refractivity contribution is 5.95. The monoisotopic (exact) mass is 298 g/mol. The van der Waals surface area contributed by atoms with Crippen molar-refractivity contribution in [2.75, 3.05) is 13.1 Å². The van der Waals surface area contributed by atoms with Gasteiger partial charge in [-0.25, -0.2) is 4.39 Å². The molecule has 0 saturated carbocycles. The summed E-state index contributed by atoms with van der Waals surface area (Å²) in [6.07, 6.45) is 1.01. The van der Waals surface area contributed by atoms with Gasteiger partial charge in [-0.15, -0.1) is 0 Å². The number of rotatable bonds is 3. The van der Waals surface area contributed by atoms with Crippen LogP contribution in [0.1, 0.15) is 33.1 Å². The maximum absolute atomic E-state index is 13.1. The van der Waals surface area contributed by atoms with E-state index < -0.39 is 0 Å². The number of hydrogen-bond donors (Lipinski definition) is 2. The summed E-state index contributed by atoms with van der Waals surface area (Å²) in [4.78, 5) is 12.3. The third-order valence-corrected chi connectivity index (χ3v) is 4.12. The van der Waals surface area contributed by atoms with Gasteiger partial charge in [-0.1, -0.05) is 24.3 Å². The Morgan fingerprint density at radius 3 is 2.95 bits per heavy atom. The summed E-state index contributed by atoms with van der Waals surface area (Å²) in [5.41, 5.74) is 3.74. The molecule has 2 aromatic rings. The number of nitrogens with one attached hydrogen (secondary N) is 2. The van der Waals surface area contributed by atoms with E-state index in [9.17, 15) is 9.18 Å². The SMILES string of the molecule is Cc1cc(F)ccc1C(=O)NCC1NCCc2ccccc21. The normalized spacial score (nSPS) is 16.9. The van der Waals surface area contributed by atoms with Gasteiger partial charge in [-0.05, 0) is 54.8 Å². The Kier molecular flexibility index (Phi) is 4.20. The third kappa shape index (κ3) is 3.02. The lowest BCUT2D eigenvalue weighted by molar-refractivity contribution is 0.0948. The first-order valence-electron chi connectivity index (χ1n) is 7.50. The molecular weight excluding hydrogens is 279 g/mol. The summed E-state index contributed by atoms with van der Waals surface area (Å²) in [7, 11) is 0. The molecule has 1 amide bonds. The van der Waals surface area contributed by atoms with Crippen LogP contribution in [-0.2, 0) is 6.42 Å². The van der Waals surface area contributed by atoms with Crippen molar-refractivity contribution in [1.29, 1.82) is 0 Å². The zero-order valence-electron chi connectivity index (χ0n) is 12.5. The van der Waals surface area contributed by atoms with Gasteiger partial charge in [0.1, 0.15) is 5.82 Å². The van der Waals surface area contributed by atoms with Crippen molar-refractivity contribution in [3.63, 3.8) is 0 Å². The molecule has 22 heavy (non-hydrogen) atoms. The van der Waals surface area contributed by atoms with Crippen LogP contribution in [0.5, 0.6) is 0 Å². The Bertz CT molecular complexity index is 699. The van der Waals surface area contributed by atoms with Gasteiger partial charge >= 0.3 is 0 Å². The van der Waals surface area contributed by atoms with E-state index in [4.69, 9.17) is 0 Å². The number of halogens is 1. The summed E-state index contributed by atoms with van der Waals surface area (Å²) in [5.74, 6) is -0.487. The van der Waals surface area contributed by atoms with Crippen molar-refractivity contribution in [1.82, 2.24) is 10.6 Å². The van der Waals surface area contributed by atoms with Gasteiger partial charge < -0.3 is 10.6 Å². The highest BCUT2D eigenvalue weighted by Gasteiger charge is 2.20. The van der Waals surface area contributed by atoms with Crippen molar-refractivity contribution >= 4 is 5.91 Å². The van der Waals surface area contributed by atoms with Gasteiger partial charge in [0, 0.05) is 18.2 Å². The minimum absolute atomic E-state index is 0.120. The van der Waals surface area contributed by atoms with Crippen LogP contribution in [-0.4, -0.2) is 19.0 Å². The summed E-state index contributed by atoms with van der Waals surface area (Å²) in [6.45, 7) is 3.17. The average Bonchev–Trinajstić information content (AvgIpc) is 2.52. The zero-order valence-corrected chi connectivity index (χ0v) is 12.5. The molecule has 0 fully saturated rings. The Morgan fingerprint density at radius 2 is 2.14 bits per heavy atom. The lowest BCUT2D eigenvalue weighted by Crippen LogP contribution is -2.39. The smallest absolute Gasteiger partial charge is 0.251 e. The molecule has 0 aromatic heterocycles. The summed E-state index contributed by atoms with van der Waals surface area (Å²) >= 11 is 0. The summed E-state index contributed by atoms with van der Waals surface area (Å²) < 4.78 is 13.1. The quantitative estimate of drug-likeness (QED) is 0.915. The number of carbonyl (C=O) groups is 1. The topological polar surface area (TPSA) is 41.1 Å². The first kappa shape index (κ1) is 14.7. The van der Waals surface area contributed by atoms with Crippen LogP contribution in [0, 0.1) is 12.7 Å². The maximum Gasteiger partial charge on any atom is 0.251 e. The van der Waals surface area contributed by atoms with E-state index in [1.807, 2.05) is 12.1 Å². The molecule has 1 heterocycles. The Balaban J connectivity index is 1.69. The van der Waals surface area contributed by atoms with Crippen LogP contribution < -0.4 is 10.6 Å². The molecule has 0 aliphatic carbocycles. The molecule has 0 radical (unpaired) electrons. The standard InChI is InChI=1S/C18H19FN2O/c1-12-10-14(19)6-7-15(12)18(22)21-11-17-16-5-3-2-4-13(16)8-9-20-17/h2-7,10,17,20H,8-9,11H2,1H3,(H,21,22). The molecule has 0 saturated heterocycles. The van der Waals surface area contributed by atoms with E-state index in [1.54, 1.807) is 6.92 Å². The maximum atomic E-state index is 13.1. The second-order valence-electron chi connectivity index (χ2n) is 5.62. The molecule has 1 aliphatic rings. The van der Waals surface area contributed by atoms with Gasteiger partial charge in [-0.3, -0.25) is 4.79 Å². The van der Waals surface area contributed by atoms with Crippen LogP contribution in [0.15, 0.2) is 42.5 Å². The molecule has 2 aromatic carbocycles. The van der Waals surface area contributed by atoms with Gasteiger partial charge in [0.15, 0.2) is 0 Å². The van der Waals surface area contributed by atoms with E-state index in [1.165, 1.54) is 29.3 Å². The van der Waals surface area contributed by atoms with Crippen LogP contribution in [0.25, 0.3) is 0 Å². The fraction of sp³-hybridized carbons (Fsp3) is 0.278. The van der Waals surface area contributed by atoms with Crippen molar-refractivity contribution in [3.05, 3.63) is 70.5 Å². The molecule has 1 atom stereocenters. The number of fused-ring (bicyclic) bond motifs is 1. The number of benzene rings is 2. The molecule has 4 heteroatoms. The Labute approximate surface area is 129 Å². The Morgan fingerprint density at radius 1 is 1.32 bits per heavy atom. The molecule has 3 nitrogen and oxygen atoms in total. The second kappa shape index (κ2) is 6.28. The molecule has 0 bridgehead atoms. The first-order valence-corrected chi connectivity index (χ1v) is 7.50. The Hall–Kier alpha value is -2.20. The number of hydrogen-bond acceptors (Lipinski definition) is 2. The van der Waals surface area contributed by atoms with Gasteiger partial charge in [0.05, 0.1) is 0 Å². The zero-order chi connectivity index (χ0) is 15.5. The summed E-state index contributed by atoms with van der Waals surface area (Å²) in [6, 6.07) is 12.6. The third-order valence-electron chi connectivity index (χ3n) is 4.12. The summed E-state index contributed by atoms with van der Waals surface area (Å²) in [5, 5.41) is 6.38. The molecule has 1 aliphatic heterocycles. The fourth-order valence-electron chi connectivity index (χ4n) is 2.95. The fourth-order valence-corrected chi connectivity index (χ4v) is 2.95. The van der Waals surface area contributed by atoms with E-state index in [0.717, 1.165) is 13.0 Å². The number of amides is 1. The number of aryl methyl sites for hydroxylation is 1. The molecule has 3 rings (SSSR count). The predicted molar refractivity (Wildman–Crippen MR) is 84.4 cm³/mol. The highest BCUT2D eigenvalue weighted by atomic mass is 19.1. The van der Waals surface area contributed by atoms with Crippen molar-refractivity contribution < 1.29 is 9.18 Å². The molecule has 2 N–H and O–H groups in total. The van der Waals surface area contributed by atoms with E-state index in [0.29, 0.717) is 17.7 Å². The van der Waals surface area contributed by atoms with Crippen molar-refractivity contribution in [3.8, 4) is 0 Å².